The molecule has 3 heteroatoms. The predicted molar refractivity (Wildman–Crippen MR) is 95.1 cm³/mol. The van der Waals surface area contributed by atoms with Gasteiger partial charge in [-0.1, -0.05) is 54.6 Å². The van der Waals surface area contributed by atoms with Crippen molar-refractivity contribution in [3.05, 3.63) is 83.4 Å². The Morgan fingerprint density at radius 2 is 1.61 bits per heavy atom. The van der Waals surface area contributed by atoms with E-state index in [2.05, 4.69) is 36.4 Å². The third-order valence-corrected chi connectivity index (χ3v) is 5.48. The highest BCUT2D eigenvalue weighted by molar-refractivity contribution is 7.49. The monoisotopic (exact) mass is 320 g/mol. The molecule has 2 nitrogen and oxygen atoms in total. The minimum Gasteiger partial charge on any atom is -0.441 e. The molecule has 0 aromatic heterocycles. The molecule has 1 aliphatic rings. The third-order valence-electron chi connectivity index (χ3n) is 4.22. The molecule has 1 aliphatic heterocycles. The van der Waals surface area contributed by atoms with Crippen molar-refractivity contribution in [3.8, 4) is 16.9 Å². The summed E-state index contributed by atoms with van der Waals surface area (Å²) in [6.07, 6.45) is 0.881. The Hall–Kier alpha value is -2.31. The van der Waals surface area contributed by atoms with Crippen LogP contribution in [0.5, 0.6) is 5.75 Å². The first-order valence-electron chi connectivity index (χ1n) is 7.71. The van der Waals surface area contributed by atoms with Crippen LogP contribution >= 0.6 is 8.03 Å². The van der Waals surface area contributed by atoms with Gasteiger partial charge in [0.25, 0.3) is 8.03 Å². The Bertz CT molecular complexity index is 901. The second-order valence-corrected chi connectivity index (χ2v) is 7.20. The van der Waals surface area contributed by atoms with E-state index >= 15 is 0 Å². The Kier molecular flexibility index (Phi) is 3.55. The Morgan fingerprint density at radius 3 is 2.43 bits per heavy atom. The maximum atomic E-state index is 12.3. The first-order valence-corrected chi connectivity index (χ1v) is 9.03. The molecule has 0 fully saturated rings. The topological polar surface area (TPSA) is 26.3 Å². The predicted octanol–water partition coefficient (Wildman–Crippen LogP) is 4.75. The lowest BCUT2D eigenvalue weighted by Crippen LogP contribution is -2.11. The van der Waals surface area contributed by atoms with E-state index < -0.39 is 8.03 Å². The van der Waals surface area contributed by atoms with Crippen LogP contribution in [0.25, 0.3) is 11.1 Å². The average molecular weight is 320 g/mol. The van der Waals surface area contributed by atoms with Crippen LogP contribution in [0.15, 0.2) is 66.7 Å². The number of rotatable bonds is 2. The molecule has 0 amide bonds. The number of hydrogen-bond donors (Lipinski definition) is 0. The molecule has 3 aromatic carbocycles. The highest BCUT2D eigenvalue weighted by Crippen LogP contribution is 2.45. The molecule has 1 atom stereocenters. The zero-order chi connectivity index (χ0) is 15.8. The van der Waals surface area contributed by atoms with Gasteiger partial charge in [-0.25, -0.2) is 0 Å². The van der Waals surface area contributed by atoms with Gasteiger partial charge in [0.2, 0.25) is 0 Å². The van der Waals surface area contributed by atoms with Crippen LogP contribution in [-0.4, -0.2) is 0 Å². The third kappa shape index (κ3) is 2.60. The fourth-order valence-electron chi connectivity index (χ4n) is 3.16. The lowest BCUT2D eigenvalue weighted by molar-refractivity contribution is 0.511. The van der Waals surface area contributed by atoms with E-state index in [0.29, 0.717) is 0 Å². The smallest absolute Gasteiger partial charge is 0.266 e. The highest BCUT2D eigenvalue weighted by Gasteiger charge is 2.24. The van der Waals surface area contributed by atoms with Gasteiger partial charge in [0.1, 0.15) is 5.75 Å². The summed E-state index contributed by atoms with van der Waals surface area (Å²) in [7, 11) is -2.20. The van der Waals surface area contributed by atoms with E-state index in [9.17, 15) is 4.57 Å². The lowest BCUT2D eigenvalue weighted by atomic mass is 9.95. The molecule has 0 aliphatic carbocycles. The SMILES string of the molecule is Cc1cc(Cc2ccccc2)cc2c1O[PH](=O)c1ccccc1-2. The first kappa shape index (κ1) is 14.3. The summed E-state index contributed by atoms with van der Waals surface area (Å²) < 4.78 is 18.1. The molecule has 0 saturated carbocycles. The second kappa shape index (κ2) is 5.72. The van der Waals surface area contributed by atoms with Crippen molar-refractivity contribution in [2.75, 3.05) is 0 Å². The van der Waals surface area contributed by atoms with Crippen molar-refractivity contribution < 1.29 is 9.09 Å². The lowest BCUT2D eigenvalue weighted by Gasteiger charge is -2.23. The van der Waals surface area contributed by atoms with E-state index in [0.717, 1.165) is 34.2 Å². The van der Waals surface area contributed by atoms with Crippen LogP contribution in [0.2, 0.25) is 0 Å². The molecule has 3 aromatic rings. The minimum atomic E-state index is -2.20. The molecular weight excluding hydrogens is 303 g/mol. The maximum Gasteiger partial charge on any atom is 0.266 e. The Morgan fingerprint density at radius 1 is 0.870 bits per heavy atom. The summed E-state index contributed by atoms with van der Waals surface area (Å²) in [5, 5.41) is 0.821. The number of aryl methyl sites for hydroxylation is 1. The fraction of sp³-hybridized carbons (Fsp3) is 0.100. The molecule has 0 saturated heterocycles. The van der Waals surface area contributed by atoms with E-state index in [1.165, 1.54) is 11.1 Å². The fourth-order valence-corrected chi connectivity index (χ4v) is 4.40. The average Bonchev–Trinajstić information content (AvgIpc) is 2.57. The van der Waals surface area contributed by atoms with Gasteiger partial charge in [-0.05, 0) is 47.7 Å². The summed E-state index contributed by atoms with van der Waals surface area (Å²) in [5.41, 5.74) is 5.66. The highest BCUT2D eigenvalue weighted by atomic mass is 31.1. The van der Waals surface area contributed by atoms with Crippen LogP contribution in [0, 0.1) is 6.92 Å². The van der Waals surface area contributed by atoms with E-state index in [1.54, 1.807) is 0 Å². The van der Waals surface area contributed by atoms with Crippen molar-refractivity contribution in [2.24, 2.45) is 0 Å². The maximum absolute atomic E-state index is 12.3. The van der Waals surface area contributed by atoms with Crippen LogP contribution < -0.4 is 9.83 Å². The number of hydrogen-bond acceptors (Lipinski definition) is 2. The normalized spacial score (nSPS) is 15.4. The number of fused-ring (bicyclic) bond motifs is 3. The first-order chi connectivity index (χ1) is 11.2. The summed E-state index contributed by atoms with van der Waals surface area (Å²) in [5.74, 6) is 0.768. The van der Waals surface area contributed by atoms with Gasteiger partial charge in [0.05, 0.1) is 5.30 Å². The van der Waals surface area contributed by atoms with Gasteiger partial charge in [-0.2, -0.15) is 0 Å². The zero-order valence-corrected chi connectivity index (χ0v) is 13.9. The van der Waals surface area contributed by atoms with Gasteiger partial charge in [0.15, 0.2) is 0 Å². The van der Waals surface area contributed by atoms with Crippen LogP contribution in [0.3, 0.4) is 0 Å². The van der Waals surface area contributed by atoms with Gasteiger partial charge < -0.3 is 4.52 Å². The zero-order valence-electron chi connectivity index (χ0n) is 12.9. The van der Waals surface area contributed by atoms with E-state index in [1.807, 2.05) is 37.3 Å². The standard InChI is InChI=1S/C20H17O2P/c1-14-11-16(12-15-7-3-2-4-8-15)13-18-17-9-5-6-10-19(17)23(21)22-20(14)18/h2-11,13,23H,12H2,1H3. The van der Waals surface area contributed by atoms with Crippen molar-refractivity contribution in [3.63, 3.8) is 0 Å². The molecule has 0 spiro atoms. The number of benzene rings is 3. The summed E-state index contributed by atoms with van der Waals surface area (Å²) in [6.45, 7) is 2.02. The van der Waals surface area contributed by atoms with Gasteiger partial charge in [0, 0.05) is 5.56 Å². The molecule has 0 radical (unpaired) electrons. The van der Waals surface area contributed by atoms with Gasteiger partial charge in [-0.15, -0.1) is 0 Å². The largest absolute Gasteiger partial charge is 0.441 e. The van der Waals surface area contributed by atoms with Crippen LogP contribution in [-0.2, 0) is 11.0 Å². The van der Waals surface area contributed by atoms with Gasteiger partial charge in [-0.3, -0.25) is 4.57 Å². The quantitative estimate of drug-likeness (QED) is 0.637. The molecule has 0 bridgehead atoms. The molecule has 23 heavy (non-hydrogen) atoms. The van der Waals surface area contributed by atoms with Crippen molar-refractivity contribution >= 4 is 13.3 Å². The molecular formula is C20H17O2P. The minimum absolute atomic E-state index is 0.768. The molecule has 0 N–H and O–H groups in total. The summed E-state index contributed by atoms with van der Waals surface area (Å²) >= 11 is 0. The van der Waals surface area contributed by atoms with Crippen LogP contribution in [0.4, 0.5) is 0 Å². The van der Waals surface area contributed by atoms with Crippen molar-refractivity contribution in [1.29, 1.82) is 0 Å². The molecule has 4 rings (SSSR count). The summed E-state index contributed by atoms with van der Waals surface area (Å²) in [6, 6.07) is 22.6. The second-order valence-electron chi connectivity index (χ2n) is 5.89. The van der Waals surface area contributed by atoms with E-state index in [-0.39, 0.29) is 0 Å². The van der Waals surface area contributed by atoms with Crippen LogP contribution in [0.1, 0.15) is 16.7 Å². The van der Waals surface area contributed by atoms with Crippen molar-refractivity contribution in [2.45, 2.75) is 13.3 Å². The molecule has 1 unspecified atom stereocenters. The Labute approximate surface area is 136 Å². The summed E-state index contributed by atoms with van der Waals surface area (Å²) in [4.78, 5) is 0. The Balaban J connectivity index is 1.83. The van der Waals surface area contributed by atoms with Crippen molar-refractivity contribution in [1.82, 2.24) is 0 Å². The van der Waals surface area contributed by atoms with E-state index in [4.69, 9.17) is 4.52 Å². The molecule has 114 valence electrons. The van der Waals surface area contributed by atoms with Gasteiger partial charge >= 0.3 is 0 Å². The molecule has 1 heterocycles.